The molecule has 2 N–H and O–H groups in total. The quantitative estimate of drug-likeness (QED) is 0.658. The average molecular weight is 380 g/mol. The van der Waals surface area contributed by atoms with Crippen LogP contribution in [0.15, 0.2) is 60.7 Å². The molecule has 27 heavy (non-hydrogen) atoms. The molecule has 1 aromatic heterocycles. The van der Waals surface area contributed by atoms with Gasteiger partial charge in [0.05, 0.1) is 12.5 Å². The lowest BCUT2D eigenvalue weighted by molar-refractivity contribution is -0.120. The Hall–Kier alpha value is -3.06. The van der Waals surface area contributed by atoms with Gasteiger partial charge in [0.2, 0.25) is 16.9 Å². The molecule has 7 heteroatoms. The molecule has 0 aliphatic carbocycles. The number of nitrogens with one attached hydrogen (secondary N) is 2. The second kappa shape index (κ2) is 9.05. The number of amides is 2. The summed E-state index contributed by atoms with van der Waals surface area (Å²) in [7, 11) is 0. The van der Waals surface area contributed by atoms with E-state index < -0.39 is 0 Å². The van der Waals surface area contributed by atoms with Gasteiger partial charge in [-0.05, 0) is 11.1 Å². The Labute approximate surface area is 161 Å². The summed E-state index contributed by atoms with van der Waals surface area (Å²) in [5.74, 6) is -0.405. The number of benzene rings is 2. The molecule has 0 unspecified atom stereocenters. The summed E-state index contributed by atoms with van der Waals surface area (Å²) < 4.78 is 0. The molecule has 0 saturated heterocycles. The monoisotopic (exact) mass is 380 g/mol. The number of nitrogens with zero attached hydrogens (tertiary/aromatic N) is 2. The van der Waals surface area contributed by atoms with Crippen molar-refractivity contribution >= 4 is 28.3 Å². The summed E-state index contributed by atoms with van der Waals surface area (Å²) in [6, 6.07) is 19.0. The Bertz CT molecular complexity index is 897. The Morgan fingerprint density at radius 1 is 1.00 bits per heavy atom. The molecule has 138 valence electrons. The van der Waals surface area contributed by atoms with Crippen LogP contribution in [0, 0.1) is 0 Å². The number of hydrogen-bond acceptors (Lipinski definition) is 5. The van der Waals surface area contributed by atoms with Gasteiger partial charge in [0, 0.05) is 13.3 Å². The molecule has 0 saturated carbocycles. The molecule has 2 aromatic carbocycles. The summed E-state index contributed by atoms with van der Waals surface area (Å²) >= 11 is 1.35. The van der Waals surface area contributed by atoms with Crippen molar-refractivity contribution in [3.63, 3.8) is 0 Å². The van der Waals surface area contributed by atoms with Crippen LogP contribution in [-0.4, -0.2) is 22.0 Å². The number of aromatic nitrogens is 2. The minimum Gasteiger partial charge on any atom is -0.349 e. The van der Waals surface area contributed by atoms with Crippen molar-refractivity contribution in [1.29, 1.82) is 0 Å². The summed E-state index contributed by atoms with van der Waals surface area (Å²) in [5.41, 5.74) is 2.02. The number of hydrogen-bond donors (Lipinski definition) is 2. The van der Waals surface area contributed by atoms with Crippen molar-refractivity contribution in [2.75, 3.05) is 5.32 Å². The van der Waals surface area contributed by atoms with Gasteiger partial charge in [-0.25, -0.2) is 0 Å². The van der Waals surface area contributed by atoms with Gasteiger partial charge in [-0.1, -0.05) is 72.0 Å². The number of anilines is 1. The molecule has 3 rings (SSSR count). The molecule has 2 amide bonds. The van der Waals surface area contributed by atoms with Gasteiger partial charge in [-0.2, -0.15) is 0 Å². The second-order valence-electron chi connectivity index (χ2n) is 6.08. The third-order valence-corrected chi connectivity index (χ3v) is 4.72. The molecule has 0 aliphatic rings. The fraction of sp³-hybridized carbons (Fsp3) is 0.200. The van der Waals surface area contributed by atoms with Crippen LogP contribution in [0.3, 0.4) is 0 Å². The van der Waals surface area contributed by atoms with Gasteiger partial charge in [-0.15, -0.1) is 10.2 Å². The van der Waals surface area contributed by atoms with Gasteiger partial charge in [0.25, 0.3) is 0 Å². The Kier molecular flexibility index (Phi) is 6.27. The van der Waals surface area contributed by atoms with Crippen LogP contribution in [0.1, 0.15) is 35.5 Å². The number of rotatable bonds is 7. The lowest BCUT2D eigenvalue weighted by Gasteiger charge is -2.17. The van der Waals surface area contributed by atoms with E-state index in [4.69, 9.17) is 0 Å². The molecule has 1 atom stereocenters. The van der Waals surface area contributed by atoms with E-state index in [2.05, 4.69) is 20.8 Å². The van der Waals surface area contributed by atoms with Crippen molar-refractivity contribution in [3.05, 3.63) is 76.8 Å². The third kappa shape index (κ3) is 5.72. The van der Waals surface area contributed by atoms with Crippen LogP contribution in [0.2, 0.25) is 0 Å². The molecule has 0 bridgehead atoms. The van der Waals surface area contributed by atoms with Crippen LogP contribution in [-0.2, 0) is 16.0 Å². The Morgan fingerprint density at radius 2 is 1.67 bits per heavy atom. The fourth-order valence-electron chi connectivity index (χ4n) is 2.68. The molecule has 0 fully saturated rings. The number of carbonyl (C=O) groups excluding carboxylic acids is 2. The highest BCUT2D eigenvalue weighted by Crippen LogP contribution is 2.21. The Morgan fingerprint density at radius 3 is 2.33 bits per heavy atom. The maximum atomic E-state index is 12.4. The fourth-order valence-corrected chi connectivity index (χ4v) is 3.47. The van der Waals surface area contributed by atoms with Crippen LogP contribution < -0.4 is 10.6 Å². The molecule has 0 spiro atoms. The second-order valence-corrected chi connectivity index (χ2v) is 7.14. The molecule has 0 radical (unpaired) electrons. The smallest absolute Gasteiger partial charge is 0.228 e. The van der Waals surface area contributed by atoms with Crippen LogP contribution in [0.4, 0.5) is 5.13 Å². The van der Waals surface area contributed by atoms with E-state index in [0.717, 1.165) is 16.1 Å². The normalized spacial score (nSPS) is 11.6. The molecule has 3 aromatic rings. The summed E-state index contributed by atoms with van der Waals surface area (Å²) in [5, 5.41) is 15.1. The molecule has 0 aliphatic heterocycles. The minimum absolute atomic E-state index is 0.122. The van der Waals surface area contributed by atoms with Crippen LogP contribution in [0.25, 0.3) is 0 Å². The first kappa shape index (κ1) is 18.7. The van der Waals surface area contributed by atoms with Gasteiger partial charge >= 0.3 is 0 Å². The van der Waals surface area contributed by atoms with Gasteiger partial charge in [0.15, 0.2) is 0 Å². The van der Waals surface area contributed by atoms with E-state index >= 15 is 0 Å². The third-order valence-electron chi connectivity index (χ3n) is 3.88. The average Bonchev–Trinajstić information content (AvgIpc) is 3.09. The first-order chi connectivity index (χ1) is 13.1. The first-order valence-corrected chi connectivity index (χ1v) is 9.40. The predicted octanol–water partition coefficient (Wildman–Crippen LogP) is 3.33. The topological polar surface area (TPSA) is 84.0 Å². The highest BCUT2D eigenvalue weighted by atomic mass is 32.1. The molecular weight excluding hydrogens is 360 g/mol. The van der Waals surface area contributed by atoms with Gasteiger partial charge in [-0.3, -0.25) is 9.59 Å². The van der Waals surface area contributed by atoms with E-state index in [1.807, 2.05) is 60.7 Å². The van der Waals surface area contributed by atoms with Crippen molar-refractivity contribution in [3.8, 4) is 0 Å². The van der Waals surface area contributed by atoms with Gasteiger partial charge in [0.1, 0.15) is 5.01 Å². The van der Waals surface area contributed by atoms with Crippen molar-refractivity contribution < 1.29 is 9.59 Å². The SMILES string of the molecule is CC(=O)N[C@H](CC(=O)Nc1nnc(Cc2ccccc2)s1)c1ccccc1. The molecule has 1 heterocycles. The predicted molar refractivity (Wildman–Crippen MR) is 105 cm³/mol. The first-order valence-electron chi connectivity index (χ1n) is 8.58. The van der Waals surface area contributed by atoms with Gasteiger partial charge < -0.3 is 10.6 Å². The zero-order chi connectivity index (χ0) is 19.1. The van der Waals surface area contributed by atoms with Crippen LogP contribution >= 0.6 is 11.3 Å². The number of carbonyl (C=O) groups is 2. The van der Waals surface area contributed by atoms with Crippen molar-refractivity contribution in [2.45, 2.75) is 25.8 Å². The lowest BCUT2D eigenvalue weighted by atomic mass is 10.0. The van der Waals surface area contributed by atoms with Crippen molar-refractivity contribution in [1.82, 2.24) is 15.5 Å². The van der Waals surface area contributed by atoms with E-state index in [9.17, 15) is 9.59 Å². The Balaban J connectivity index is 1.61. The molecular formula is C20H20N4O2S. The summed E-state index contributed by atoms with van der Waals surface area (Å²) in [4.78, 5) is 23.9. The zero-order valence-electron chi connectivity index (χ0n) is 14.9. The lowest BCUT2D eigenvalue weighted by Crippen LogP contribution is -2.29. The van der Waals surface area contributed by atoms with Crippen LogP contribution in [0.5, 0.6) is 0 Å². The van der Waals surface area contributed by atoms with Crippen molar-refractivity contribution in [2.24, 2.45) is 0 Å². The largest absolute Gasteiger partial charge is 0.349 e. The molecule has 6 nitrogen and oxygen atoms in total. The van der Waals surface area contributed by atoms with E-state index in [0.29, 0.717) is 11.6 Å². The van der Waals surface area contributed by atoms with E-state index in [-0.39, 0.29) is 24.3 Å². The summed E-state index contributed by atoms with van der Waals surface area (Å²) in [6.07, 6.45) is 0.796. The minimum atomic E-state index is -0.389. The highest BCUT2D eigenvalue weighted by molar-refractivity contribution is 7.15. The zero-order valence-corrected chi connectivity index (χ0v) is 15.7. The van der Waals surface area contributed by atoms with E-state index in [1.54, 1.807) is 0 Å². The summed E-state index contributed by atoms with van der Waals surface area (Å²) in [6.45, 7) is 1.44. The maximum absolute atomic E-state index is 12.4. The maximum Gasteiger partial charge on any atom is 0.228 e. The highest BCUT2D eigenvalue weighted by Gasteiger charge is 2.18. The van der Waals surface area contributed by atoms with E-state index in [1.165, 1.54) is 18.3 Å². The standard InChI is InChI=1S/C20H20N4O2S/c1-14(25)21-17(16-10-6-3-7-11-16)13-18(26)22-20-24-23-19(27-20)12-15-8-4-2-5-9-15/h2-11,17H,12-13H2,1H3,(H,21,25)(H,22,24,26)/t17-/m1/s1.